The lowest BCUT2D eigenvalue weighted by Gasteiger charge is -2.29. The molecular formula is C53H37NS. The molecule has 0 unspecified atom stereocenters. The highest BCUT2D eigenvalue weighted by molar-refractivity contribution is 7.26. The fourth-order valence-corrected chi connectivity index (χ4v) is 10.2. The van der Waals surface area contributed by atoms with E-state index >= 15 is 0 Å². The van der Waals surface area contributed by atoms with Crippen LogP contribution >= 0.6 is 11.3 Å². The van der Waals surface area contributed by atoms with Crippen LogP contribution in [0.2, 0.25) is 0 Å². The van der Waals surface area contributed by atoms with Crippen LogP contribution in [0.3, 0.4) is 0 Å². The zero-order valence-electron chi connectivity index (χ0n) is 30.8. The first-order valence-corrected chi connectivity index (χ1v) is 19.9. The molecule has 0 amide bonds. The van der Waals surface area contributed by atoms with Gasteiger partial charge in [0, 0.05) is 36.8 Å². The lowest BCUT2D eigenvalue weighted by Crippen LogP contribution is -2.16. The maximum absolute atomic E-state index is 2.51. The van der Waals surface area contributed by atoms with Crippen molar-refractivity contribution < 1.29 is 0 Å². The van der Waals surface area contributed by atoms with Gasteiger partial charge in [-0.05, 0) is 115 Å². The molecule has 11 rings (SSSR count). The molecular weight excluding hydrogens is 683 g/mol. The van der Waals surface area contributed by atoms with Crippen LogP contribution in [0, 0.1) is 0 Å². The minimum Gasteiger partial charge on any atom is -0.309 e. The van der Waals surface area contributed by atoms with Crippen LogP contribution in [0.15, 0.2) is 188 Å². The Hall–Kier alpha value is -6.48. The van der Waals surface area contributed by atoms with E-state index < -0.39 is 0 Å². The Balaban J connectivity index is 1.03. The first-order chi connectivity index (χ1) is 27.0. The van der Waals surface area contributed by atoms with Crippen molar-refractivity contribution in [1.29, 1.82) is 0 Å². The first-order valence-electron chi connectivity index (χ1n) is 19.1. The summed E-state index contributed by atoms with van der Waals surface area (Å²) in [5.74, 6) is 0. The van der Waals surface area contributed by atoms with Gasteiger partial charge in [-0.15, -0.1) is 11.3 Å². The van der Waals surface area contributed by atoms with Crippen molar-refractivity contribution in [2.75, 3.05) is 4.90 Å². The summed E-state index contributed by atoms with van der Waals surface area (Å²) in [6.07, 6.45) is 0. The molecule has 0 N–H and O–H groups in total. The minimum atomic E-state index is -0.0924. The van der Waals surface area contributed by atoms with Crippen molar-refractivity contribution >= 4 is 70.1 Å². The average molecular weight is 720 g/mol. The number of fused-ring (bicyclic) bond motifs is 8. The fourth-order valence-electron chi connectivity index (χ4n) is 9.05. The third kappa shape index (κ3) is 5.06. The topological polar surface area (TPSA) is 3.24 Å². The van der Waals surface area contributed by atoms with Crippen LogP contribution in [-0.4, -0.2) is 0 Å². The number of anilines is 3. The predicted octanol–water partition coefficient (Wildman–Crippen LogP) is 15.5. The minimum absolute atomic E-state index is 0.0924. The van der Waals surface area contributed by atoms with Gasteiger partial charge in [0.1, 0.15) is 0 Å². The maximum Gasteiger partial charge on any atom is 0.0555 e. The van der Waals surface area contributed by atoms with E-state index in [-0.39, 0.29) is 5.41 Å². The number of hydrogen-bond acceptors (Lipinski definition) is 2. The zero-order chi connectivity index (χ0) is 36.7. The van der Waals surface area contributed by atoms with Crippen LogP contribution in [-0.2, 0) is 5.41 Å². The van der Waals surface area contributed by atoms with Crippen molar-refractivity contribution in [1.82, 2.24) is 0 Å². The Morgan fingerprint density at radius 1 is 0.418 bits per heavy atom. The van der Waals surface area contributed by atoms with Crippen LogP contribution in [0.4, 0.5) is 17.1 Å². The second-order valence-corrected chi connectivity index (χ2v) is 16.4. The fraction of sp³-hybridized carbons (Fsp3) is 0.0566. The van der Waals surface area contributed by atoms with E-state index in [1.165, 1.54) is 97.6 Å². The number of nitrogens with zero attached hydrogens (tertiary/aromatic N) is 1. The van der Waals surface area contributed by atoms with E-state index in [1.54, 1.807) is 0 Å². The molecule has 1 aliphatic carbocycles. The van der Waals surface area contributed by atoms with Crippen molar-refractivity contribution in [3.8, 4) is 33.4 Å². The Labute approximate surface area is 325 Å². The molecule has 55 heavy (non-hydrogen) atoms. The van der Waals surface area contributed by atoms with Gasteiger partial charge in [-0.25, -0.2) is 0 Å². The van der Waals surface area contributed by atoms with Gasteiger partial charge in [0.15, 0.2) is 0 Å². The summed E-state index contributed by atoms with van der Waals surface area (Å²) in [5.41, 5.74) is 13.7. The van der Waals surface area contributed by atoms with Crippen LogP contribution in [0.5, 0.6) is 0 Å². The Bertz CT molecular complexity index is 3130. The summed E-state index contributed by atoms with van der Waals surface area (Å²) in [5, 5.41) is 7.62. The highest BCUT2D eigenvalue weighted by atomic mass is 32.1. The molecule has 0 saturated heterocycles. The predicted molar refractivity (Wildman–Crippen MR) is 237 cm³/mol. The molecule has 1 heterocycles. The highest BCUT2D eigenvalue weighted by Crippen LogP contribution is 2.55. The van der Waals surface area contributed by atoms with E-state index in [0.717, 1.165) is 5.69 Å². The second-order valence-electron chi connectivity index (χ2n) is 15.3. The maximum atomic E-state index is 2.51. The second kappa shape index (κ2) is 12.3. The van der Waals surface area contributed by atoms with Gasteiger partial charge in [-0.3, -0.25) is 0 Å². The standard InChI is InChI=1S/C53H37NS/c1-53(2)45-15-7-5-13-43(45)51-46(53)16-9-17-47(51)54(48-18-10-20-50-52(48)44-14-6-8-19-49(44)55-50)42-29-27-35(28-30-42)37-23-24-40-33-41(26-25-39(40)32-37)38-22-21-34-11-3-4-12-36(34)31-38/h3-33H,1-2H3. The van der Waals surface area contributed by atoms with Gasteiger partial charge in [-0.2, -0.15) is 0 Å². The van der Waals surface area contributed by atoms with Crippen molar-refractivity contribution in [2.24, 2.45) is 0 Å². The molecule has 1 aromatic heterocycles. The van der Waals surface area contributed by atoms with E-state index in [4.69, 9.17) is 0 Å². The van der Waals surface area contributed by atoms with E-state index in [9.17, 15) is 0 Å². The molecule has 1 nitrogen and oxygen atoms in total. The summed E-state index contributed by atoms with van der Waals surface area (Å²) in [7, 11) is 0. The summed E-state index contributed by atoms with van der Waals surface area (Å²) in [6.45, 7) is 4.73. The highest BCUT2D eigenvalue weighted by Gasteiger charge is 2.38. The number of rotatable bonds is 5. The third-order valence-electron chi connectivity index (χ3n) is 11.8. The van der Waals surface area contributed by atoms with Gasteiger partial charge in [0.05, 0.1) is 11.4 Å². The molecule has 0 aliphatic heterocycles. The summed E-state index contributed by atoms with van der Waals surface area (Å²) >= 11 is 1.87. The quantitative estimate of drug-likeness (QED) is 0.171. The van der Waals surface area contributed by atoms with E-state index in [0.29, 0.717) is 0 Å². The number of benzene rings is 9. The molecule has 0 radical (unpaired) electrons. The average Bonchev–Trinajstić information content (AvgIpc) is 3.73. The summed E-state index contributed by atoms with van der Waals surface area (Å²) in [6, 6.07) is 69.7. The molecule has 0 bridgehead atoms. The third-order valence-corrected chi connectivity index (χ3v) is 13.0. The molecule has 1 aliphatic rings. The van der Waals surface area contributed by atoms with Crippen molar-refractivity contribution in [2.45, 2.75) is 19.3 Å². The van der Waals surface area contributed by atoms with Gasteiger partial charge in [-0.1, -0.05) is 147 Å². The smallest absolute Gasteiger partial charge is 0.0555 e. The molecule has 2 heteroatoms. The molecule has 0 saturated carbocycles. The first kappa shape index (κ1) is 32.0. The summed E-state index contributed by atoms with van der Waals surface area (Å²) < 4.78 is 2.61. The van der Waals surface area contributed by atoms with Crippen molar-refractivity contribution in [3.05, 3.63) is 199 Å². The number of hydrogen-bond donors (Lipinski definition) is 0. The Morgan fingerprint density at radius 3 is 1.75 bits per heavy atom. The lowest BCUT2D eigenvalue weighted by atomic mass is 9.82. The summed E-state index contributed by atoms with van der Waals surface area (Å²) in [4.78, 5) is 2.51. The molecule has 9 aromatic carbocycles. The zero-order valence-corrected chi connectivity index (χ0v) is 31.6. The molecule has 0 fully saturated rings. The molecule has 0 spiro atoms. The molecule has 260 valence electrons. The van der Waals surface area contributed by atoms with E-state index in [2.05, 4.69) is 207 Å². The largest absolute Gasteiger partial charge is 0.309 e. The van der Waals surface area contributed by atoms with Gasteiger partial charge >= 0.3 is 0 Å². The number of thiophene rings is 1. The van der Waals surface area contributed by atoms with Crippen LogP contribution in [0.1, 0.15) is 25.0 Å². The van der Waals surface area contributed by atoms with Gasteiger partial charge in [0.2, 0.25) is 0 Å². The van der Waals surface area contributed by atoms with Crippen LogP contribution < -0.4 is 4.90 Å². The van der Waals surface area contributed by atoms with E-state index in [1.807, 2.05) is 11.3 Å². The van der Waals surface area contributed by atoms with Gasteiger partial charge < -0.3 is 4.90 Å². The normalized spacial score (nSPS) is 13.1. The molecule has 0 atom stereocenters. The monoisotopic (exact) mass is 719 g/mol. The van der Waals surface area contributed by atoms with Crippen molar-refractivity contribution in [3.63, 3.8) is 0 Å². The molecule has 10 aromatic rings. The van der Waals surface area contributed by atoms with Crippen LogP contribution in [0.25, 0.3) is 75.1 Å². The lowest BCUT2D eigenvalue weighted by molar-refractivity contribution is 0.660. The van der Waals surface area contributed by atoms with Gasteiger partial charge in [0.25, 0.3) is 0 Å². The Kier molecular flexibility index (Phi) is 7.14. The Morgan fingerprint density at radius 2 is 0.964 bits per heavy atom. The SMILES string of the molecule is CC1(C)c2ccccc2-c2c(N(c3ccc(-c4ccc5cc(-c6ccc7ccccc7c6)ccc5c4)cc3)c3cccc4sc5ccccc5c34)cccc21.